The molecule has 0 saturated heterocycles. The number of hydrogen-bond donors (Lipinski definition) is 2. The van der Waals surface area contributed by atoms with Crippen LogP contribution in [0.25, 0.3) is 0 Å². The summed E-state index contributed by atoms with van der Waals surface area (Å²) in [6.45, 7) is 1.97. The van der Waals surface area contributed by atoms with E-state index in [-0.39, 0.29) is 17.8 Å². The van der Waals surface area contributed by atoms with Gasteiger partial charge in [-0.3, -0.25) is 4.79 Å². The number of nitrogens with two attached hydrogens (primary N) is 1. The molecule has 1 amide bonds. The maximum absolute atomic E-state index is 12.6. The summed E-state index contributed by atoms with van der Waals surface area (Å²) in [5, 5.41) is 2.97. The third kappa shape index (κ3) is 3.58. The molecule has 1 rings (SSSR count). The molecule has 15 heavy (non-hydrogen) atoms. The van der Waals surface area contributed by atoms with Crippen LogP contribution in [0.1, 0.15) is 19.8 Å². The Morgan fingerprint density at radius 1 is 1.47 bits per heavy atom. The second-order valence-corrected chi connectivity index (χ2v) is 3.39. The summed E-state index contributed by atoms with van der Waals surface area (Å²) in [4.78, 5) is 11.0. The number of amides is 1. The van der Waals surface area contributed by atoms with Gasteiger partial charge in [0.2, 0.25) is 5.91 Å². The fourth-order valence-corrected chi connectivity index (χ4v) is 1.32. The fourth-order valence-electron chi connectivity index (χ4n) is 1.32. The zero-order chi connectivity index (χ0) is 11.3. The highest BCUT2D eigenvalue weighted by Crippen LogP contribution is 2.11. The Bertz CT molecular complexity index is 324. The van der Waals surface area contributed by atoms with Crippen LogP contribution in [0.5, 0.6) is 0 Å². The van der Waals surface area contributed by atoms with Crippen molar-refractivity contribution in [1.29, 1.82) is 0 Å². The van der Waals surface area contributed by atoms with Crippen LogP contribution in [0, 0.1) is 5.82 Å². The first-order valence-corrected chi connectivity index (χ1v) is 4.95. The van der Waals surface area contributed by atoms with Crippen LogP contribution < -0.4 is 11.1 Å². The van der Waals surface area contributed by atoms with E-state index in [0.29, 0.717) is 12.1 Å². The molecule has 82 valence electrons. The maximum Gasteiger partial charge on any atom is 0.239 e. The van der Waals surface area contributed by atoms with Crippen molar-refractivity contribution < 1.29 is 9.18 Å². The van der Waals surface area contributed by atoms with Crippen LogP contribution in [0.15, 0.2) is 24.3 Å². The second-order valence-electron chi connectivity index (χ2n) is 3.39. The second kappa shape index (κ2) is 5.34. The Labute approximate surface area is 88.5 Å². The number of rotatable bonds is 5. The highest BCUT2D eigenvalue weighted by Gasteiger charge is 2.13. The van der Waals surface area contributed by atoms with E-state index in [0.717, 1.165) is 6.42 Å². The molecule has 0 aliphatic carbocycles. The molecule has 3 N–H and O–H groups in total. The Morgan fingerprint density at radius 3 is 2.53 bits per heavy atom. The van der Waals surface area contributed by atoms with E-state index in [2.05, 4.69) is 5.32 Å². The van der Waals surface area contributed by atoms with Crippen molar-refractivity contribution in [2.45, 2.75) is 25.8 Å². The third-order valence-electron chi connectivity index (χ3n) is 2.11. The largest absolute Gasteiger partial charge is 0.374 e. The van der Waals surface area contributed by atoms with Gasteiger partial charge in [-0.2, -0.15) is 0 Å². The van der Waals surface area contributed by atoms with Gasteiger partial charge in [0.05, 0.1) is 0 Å². The van der Waals surface area contributed by atoms with E-state index in [1.807, 2.05) is 6.92 Å². The van der Waals surface area contributed by atoms with Crippen LogP contribution in [-0.4, -0.2) is 11.9 Å². The minimum absolute atomic E-state index is 0.299. The van der Waals surface area contributed by atoms with Crippen LogP contribution in [0.4, 0.5) is 10.1 Å². The smallest absolute Gasteiger partial charge is 0.239 e. The van der Waals surface area contributed by atoms with Crippen LogP contribution in [0.3, 0.4) is 0 Å². The Balaban J connectivity index is 2.65. The lowest BCUT2D eigenvalue weighted by Crippen LogP contribution is -2.35. The number of benzene rings is 1. The summed E-state index contributed by atoms with van der Waals surface area (Å²) in [5.41, 5.74) is 5.93. The molecule has 1 atom stereocenters. The van der Waals surface area contributed by atoms with Gasteiger partial charge in [0.25, 0.3) is 0 Å². The molecule has 1 unspecified atom stereocenters. The number of carbonyl (C=O) groups is 1. The summed E-state index contributed by atoms with van der Waals surface area (Å²) in [6, 6.07) is 5.46. The molecule has 3 nitrogen and oxygen atoms in total. The normalized spacial score (nSPS) is 12.1. The summed E-state index contributed by atoms with van der Waals surface area (Å²) < 4.78 is 12.6. The SMILES string of the molecule is CCCC(Nc1ccc(F)cc1)C(N)=O. The van der Waals surface area contributed by atoms with Gasteiger partial charge >= 0.3 is 0 Å². The Hall–Kier alpha value is -1.58. The molecule has 1 aromatic carbocycles. The van der Waals surface area contributed by atoms with Gasteiger partial charge in [0.1, 0.15) is 11.9 Å². The fraction of sp³-hybridized carbons (Fsp3) is 0.364. The molecule has 0 heterocycles. The monoisotopic (exact) mass is 210 g/mol. The Morgan fingerprint density at radius 2 is 2.07 bits per heavy atom. The number of hydrogen-bond acceptors (Lipinski definition) is 2. The van der Waals surface area contributed by atoms with Gasteiger partial charge < -0.3 is 11.1 Å². The van der Waals surface area contributed by atoms with Crippen LogP contribution in [0.2, 0.25) is 0 Å². The summed E-state index contributed by atoms with van der Waals surface area (Å²) in [5.74, 6) is -0.687. The van der Waals surface area contributed by atoms with E-state index in [4.69, 9.17) is 5.73 Å². The third-order valence-corrected chi connectivity index (χ3v) is 2.11. The van der Waals surface area contributed by atoms with E-state index < -0.39 is 0 Å². The number of nitrogens with one attached hydrogen (secondary N) is 1. The van der Waals surface area contributed by atoms with Gasteiger partial charge in [-0.25, -0.2) is 4.39 Å². The van der Waals surface area contributed by atoms with Crippen molar-refractivity contribution in [2.24, 2.45) is 5.73 Å². The molecule has 1 aromatic rings. The molecule has 0 aliphatic rings. The number of primary amides is 1. The molecular weight excluding hydrogens is 195 g/mol. The molecule has 0 fully saturated rings. The van der Waals surface area contributed by atoms with Crippen molar-refractivity contribution in [2.75, 3.05) is 5.32 Å². The van der Waals surface area contributed by atoms with E-state index in [1.165, 1.54) is 12.1 Å². The number of carbonyl (C=O) groups excluding carboxylic acids is 1. The summed E-state index contributed by atoms with van der Waals surface area (Å²) >= 11 is 0. The minimum Gasteiger partial charge on any atom is -0.374 e. The molecule has 0 saturated carbocycles. The van der Waals surface area contributed by atoms with Crippen LogP contribution in [-0.2, 0) is 4.79 Å². The molecule has 0 aromatic heterocycles. The maximum atomic E-state index is 12.6. The predicted octanol–water partition coefficient (Wildman–Crippen LogP) is 1.89. The zero-order valence-corrected chi connectivity index (χ0v) is 8.66. The van der Waals surface area contributed by atoms with Crippen molar-refractivity contribution in [3.63, 3.8) is 0 Å². The van der Waals surface area contributed by atoms with Crippen molar-refractivity contribution >= 4 is 11.6 Å². The molecule has 0 spiro atoms. The predicted molar refractivity (Wildman–Crippen MR) is 57.9 cm³/mol. The summed E-state index contributed by atoms with van der Waals surface area (Å²) in [6.07, 6.45) is 1.54. The highest BCUT2D eigenvalue weighted by molar-refractivity contribution is 5.82. The quantitative estimate of drug-likeness (QED) is 0.779. The minimum atomic E-state index is -0.388. The molecule has 0 bridgehead atoms. The lowest BCUT2D eigenvalue weighted by atomic mass is 10.1. The van der Waals surface area contributed by atoms with E-state index >= 15 is 0 Å². The van der Waals surface area contributed by atoms with Crippen molar-refractivity contribution in [3.05, 3.63) is 30.1 Å². The van der Waals surface area contributed by atoms with E-state index in [9.17, 15) is 9.18 Å². The molecule has 0 radical (unpaired) electrons. The van der Waals surface area contributed by atoms with Gasteiger partial charge in [-0.15, -0.1) is 0 Å². The summed E-state index contributed by atoms with van der Waals surface area (Å²) in [7, 11) is 0. The Kier molecular flexibility index (Phi) is 4.09. The van der Waals surface area contributed by atoms with Gasteiger partial charge in [-0.1, -0.05) is 13.3 Å². The average Bonchev–Trinajstić information content (AvgIpc) is 2.20. The first kappa shape index (κ1) is 11.5. The first-order valence-electron chi connectivity index (χ1n) is 4.95. The molecule has 0 aliphatic heterocycles. The average molecular weight is 210 g/mol. The van der Waals surface area contributed by atoms with Gasteiger partial charge in [0, 0.05) is 5.69 Å². The van der Waals surface area contributed by atoms with Gasteiger partial charge in [0.15, 0.2) is 0 Å². The van der Waals surface area contributed by atoms with E-state index in [1.54, 1.807) is 12.1 Å². The zero-order valence-electron chi connectivity index (χ0n) is 8.66. The lowest BCUT2D eigenvalue weighted by molar-refractivity contribution is -0.118. The van der Waals surface area contributed by atoms with Gasteiger partial charge in [-0.05, 0) is 30.7 Å². The lowest BCUT2D eigenvalue weighted by Gasteiger charge is -2.15. The number of halogens is 1. The van der Waals surface area contributed by atoms with Crippen molar-refractivity contribution in [1.82, 2.24) is 0 Å². The highest BCUT2D eigenvalue weighted by atomic mass is 19.1. The number of anilines is 1. The topological polar surface area (TPSA) is 55.1 Å². The van der Waals surface area contributed by atoms with Crippen LogP contribution >= 0.6 is 0 Å². The standard InChI is InChI=1S/C11H15FN2O/c1-2-3-10(11(13)15)14-9-6-4-8(12)5-7-9/h4-7,10,14H,2-3H2,1H3,(H2,13,15). The first-order chi connectivity index (χ1) is 7.13. The molecule has 4 heteroatoms. The van der Waals surface area contributed by atoms with Crippen molar-refractivity contribution in [3.8, 4) is 0 Å². The molecular formula is C11H15FN2O.